The van der Waals surface area contributed by atoms with Crippen LogP contribution in [0.2, 0.25) is 0 Å². The highest BCUT2D eigenvalue weighted by atomic mass is 16.5. The Hall–Kier alpha value is -1.74. The lowest BCUT2D eigenvalue weighted by Gasteiger charge is -2.07. The Kier molecular flexibility index (Phi) is 4.05. The number of rotatable bonds is 5. The van der Waals surface area contributed by atoms with Gasteiger partial charge in [-0.05, 0) is 35.7 Å². The molecule has 1 heterocycles. The Balaban J connectivity index is 2.11. The van der Waals surface area contributed by atoms with Crippen molar-refractivity contribution < 1.29 is 4.74 Å². The summed E-state index contributed by atoms with van der Waals surface area (Å²) in [5.74, 6) is 0.894. The summed E-state index contributed by atoms with van der Waals surface area (Å²) in [5, 5.41) is 0. The number of aromatic nitrogens is 1. The van der Waals surface area contributed by atoms with Crippen LogP contribution in [-0.2, 0) is 6.54 Å². The zero-order chi connectivity index (χ0) is 13.0. The lowest BCUT2D eigenvalue weighted by atomic mass is 10.1. The van der Waals surface area contributed by atoms with Crippen molar-refractivity contribution in [2.45, 2.75) is 25.9 Å². The van der Waals surface area contributed by atoms with Gasteiger partial charge in [0.05, 0.1) is 7.11 Å². The van der Waals surface area contributed by atoms with Crippen LogP contribution in [0, 0.1) is 0 Å². The molecule has 0 fully saturated rings. The van der Waals surface area contributed by atoms with E-state index in [1.54, 1.807) is 7.11 Å². The van der Waals surface area contributed by atoms with E-state index in [1.165, 1.54) is 11.1 Å². The minimum atomic E-state index is 0.136. The first-order chi connectivity index (χ1) is 8.72. The molecule has 1 atom stereocenters. The average molecular weight is 244 g/mol. The second-order valence-corrected chi connectivity index (χ2v) is 4.48. The summed E-state index contributed by atoms with van der Waals surface area (Å²) in [6, 6.07) is 10.3. The first kappa shape index (κ1) is 12.7. The van der Waals surface area contributed by atoms with Crippen LogP contribution in [0.3, 0.4) is 0 Å². The van der Waals surface area contributed by atoms with E-state index in [1.807, 2.05) is 12.1 Å². The second kappa shape index (κ2) is 5.74. The fourth-order valence-electron chi connectivity index (χ4n) is 1.99. The van der Waals surface area contributed by atoms with Crippen molar-refractivity contribution in [3.8, 4) is 5.75 Å². The van der Waals surface area contributed by atoms with Crippen LogP contribution in [0.15, 0.2) is 42.7 Å². The largest absolute Gasteiger partial charge is 0.497 e. The molecule has 0 radical (unpaired) electrons. The van der Waals surface area contributed by atoms with Crippen molar-refractivity contribution >= 4 is 0 Å². The van der Waals surface area contributed by atoms with Gasteiger partial charge in [0.15, 0.2) is 0 Å². The first-order valence-corrected chi connectivity index (χ1v) is 6.27. The van der Waals surface area contributed by atoms with Crippen LogP contribution >= 0.6 is 0 Å². The summed E-state index contributed by atoms with van der Waals surface area (Å²) >= 11 is 0. The van der Waals surface area contributed by atoms with E-state index in [4.69, 9.17) is 10.5 Å². The fraction of sp³-hybridized carbons (Fsp3) is 0.333. The lowest BCUT2D eigenvalue weighted by molar-refractivity contribution is 0.414. The molecule has 2 rings (SSSR count). The third-order valence-corrected chi connectivity index (χ3v) is 3.14. The molecule has 0 aliphatic heterocycles. The Morgan fingerprint density at radius 2 is 2.17 bits per heavy atom. The molecular weight excluding hydrogens is 224 g/mol. The molecular formula is C15H20N2O. The molecule has 1 aromatic heterocycles. The zero-order valence-corrected chi connectivity index (χ0v) is 11.0. The summed E-state index contributed by atoms with van der Waals surface area (Å²) in [4.78, 5) is 0. The molecule has 1 unspecified atom stereocenters. The maximum Gasteiger partial charge on any atom is 0.119 e. The average Bonchev–Trinajstić information content (AvgIpc) is 2.86. The van der Waals surface area contributed by atoms with Crippen LogP contribution in [-0.4, -0.2) is 11.7 Å². The second-order valence-electron chi connectivity index (χ2n) is 4.48. The molecule has 0 aliphatic carbocycles. The number of benzene rings is 1. The van der Waals surface area contributed by atoms with E-state index >= 15 is 0 Å². The van der Waals surface area contributed by atoms with E-state index in [0.29, 0.717) is 0 Å². The third kappa shape index (κ3) is 2.93. The van der Waals surface area contributed by atoms with Crippen LogP contribution < -0.4 is 10.5 Å². The quantitative estimate of drug-likeness (QED) is 0.878. The molecule has 18 heavy (non-hydrogen) atoms. The monoisotopic (exact) mass is 244 g/mol. The molecule has 96 valence electrons. The van der Waals surface area contributed by atoms with Gasteiger partial charge >= 0.3 is 0 Å². The molecule has 0 aliphatic rings. The number of hydrogen-bond donors (Lipinski definition) is 1. The van der Waals surface area contributed by atoms with Crippen molar-refractivity contribution in [1.82, 2.24) is 4.57 Å². The van der Waals surface area contributed by atoms with Gasteiger partial charge in [-0.25, -0.2) is 0 Å². The van der Waals surface area contributed by atoms with Gasteiger partial charge in [0.1, 0.15) is 5.75 Å². The Morgan fingerprint density at radius 1 is 1.33 bits per heavy atom. The van der Waals surface area contributed by atoms with Crippen LogP contribution in [0.5, 0.6) is 5.75 Å². The van der Waals surface area contributed by atoms with Crippen molar-refractivity contribution in [1.29, 1.82) is 0 Å². The van der Waals surface area contributed by atoms with Gasteiger partial charge in [0.25, 0.3) is 0 Å². The fourth-order valence-corrected chi connectivity index (χ4v) is 1.99. The molecule has 2 N–H and O–H groups in total. The Labute approximate surface area is 108 Å². The van der Waals surface area contributed by atoms with Gasteiger partial charge in [0.2, 0.25) is 0 Å². The summed E-state index contributed by atoms with van der Waals surface area (Å²) in [6.45, 7) is 2.94. The van der Waals surface area contributed by atoms with Crippen LogP contribution in [0.1, 0.15) is 30.5 Å². The van der Waals surface area contributed by atoms with Crippen LogP contribution in [0.4, 0.5) is 0 Å². The van der Waals surface area contributed by atoms with Gasteiger partial charge in [-0.15, -0.1) is 0 Å². The van der Waals surface area contributed by atoms with Crippen molar-refractivity contribution in [2.24, 2.45) is 5.73 Å². The molecule has 0 amide bonds. The molecule has 1 aromatic carbocycles. The first-order valence-electron chi connectivity index (χ1n) is 6.27. The molecule has 0 spiro atoms. The summed E-state index contributed by atoms with van der Waals surface area (Å²) in [6.07, 6.45) is 5.15. The van der Waals surface area contributed by atoms with Crippen molar-refractivity contribution in [2.75, 3.05) is 7.11 Å². The highest BCUT2D eigenvalue weighted by molar-refractivity contribution is 5.29. The number of hydrogen-bond acceptors (Lipinski definition) is 2. The van der Waals surface area contributed by atoms with Crippen molar-refractivity contribution in [3.63, 3.8) is 0 Å². The highest BCUT2D eigenvalue weighted by Gasteiger charge is 2.05. The Bertz CT molecular complexity index is 505. The number of ether oxygens (including phenoxy) is 1. The van der Waals surface area contributed by atoms with E-state index in [-0.39, 0.29) is 6.04 Å². The number of methoxy groups -OCH3 is 1. The van der Waals surface area contributed by atoms with Gasteiger partial charge in [-0.3, -0.25) is 0 Å². The molecule has 0 saturated carbocycles. The van der Waals surface area contributed by atoms with E-state index < -0.39 is 0 Å². The van der Waals surface area contributed by atoms with E-state index in [9.17, 15) is 0 Å². The third-order valence-electron chi connectivity index (χ3n) is 3.14. The zero-order valence-electron chi connectivity index (χ0n) is 11.0. The number of nitrogens with zero attached hydrogens (tertiary/aromatic N) is 1. The predicted molar refractivity (Wildman–Crippen MR) is 73.7 cm³/mol. The predicted octanol–water partition coefficient (Wildman–Crippen LogP) is 2.95. The minimum absolute atomic E-state index is 0.136. The van der Waals surface area contributed by atoms with Gasteiger partial charge in [0, 0.05) is 25.0 Å². The summed E-state index contributed by atoms with van der Waals surface area (Å²) in [7, 11) is 1.69. The maximum atomic E-state index is 6.01. The number of nitrogens with two attached hydrogens (primary N) is 1. The molecule has 0 saturated heterocycles. The minimum Gasteiger partial charge on any atom is -0.497 e. The molecule has 3 heteroatoms. The topological polar surface area (TPSA) is 40.2 Å². The smallest absolute Gasteiger partial charge is 0.119 e. The van der Waals surface area contributed by atoms with Gasteiger partial charge < -0.3 is 15.0 Å². The SMILES string of the molecule is CCC(N)c1ccn(Cc2cccc(OC)c2)c1. The van der Waals surface area contributed by atoms with Crippen LogP contribution in [0.25, 0.3) is 0 Å². The molecule has 3 nitrogen and oxygen atoms in total. The lowest BCUT2D eigenvalue weighted by Crippen LogP contribution is -2.07. The Morgan fingerprint density at radius 3 is 2.89 bits per heavy atom. The van der Waals surface area contributed by atoms with Gasteiger partial charge in [-0.1, -0.05) is 19.1 Å². The van der Waals surface area contributed by atoms with Crippen molar-refractivity contribution in [3.05, 3.63) is 53.9 Å². The summed E-state index contributed by atoms with van der Waals surface area (Å²) < 4.78 is 7.38. The van der Waals surface area contributed by atoms with E-state index in [2.05, 4.69) is 42.1 Å². The maximum absolute atomic E-state index is 6.01. The standard InChI is InChI=1S/C15H20N2O/c1-3-15(16)13-7-8-17(11-13)10-12-5-4-6-14(9-12)18-2/h4-9,11,15H,3,10,16H2,1-2H3. The van der Waals surface area contributed by atoms with Gasteiger partial charge in [-0.2, -0.15) is 0 Å². The normalized spacial score (nSPS) is 12.4. The highest BCUT2D eigenvalue weighted by Crippen LogP contribution is 2.17. The summed E-state index contributed by atoms with van der Waals surface area (Å²) in [5.41, 5.74) is 8.43. The molecule has 0 bridgehead atoms. The van der Waals surface area contributed by atoms with E-state index in [0.717, 1.165) is 18.7 Å². The molecule has 2 aromatic rings.